The molecular formula is C20H32N6O2. The van der Waals surface area contributed by atoms with E-state index in [4.69, 9.17) is 9.47 Å². The minimum atomic E-state index is 0.489. The molecule has 0 aliphatic heterocycles. The van der Waals surface area contributed by atoms with Crippen LogP contribution in [0.2, 0.25) is 0 Å². The Labute approximate surface area is 167 Å². The van der Waals surface area contributed by atoms with Crippen LogP contribution in [-0.4, -0.2) is 47.5 Å². The highest BCUT2D eigenvalue weighted by molar-refractivity contribution is 5.79. The van der Waals surface area contributed by atoms with Crippen molar-refractivity contribution in [2.75, 3.05) is 26.8 Å². The van der Waals surface area contributed by atoms with Crippen LogP contribution in [-0.2, 0) is 20.0 Å². The summed E-state index contributed by atoms with van der Waals surface area (Å²) in [5.41, 5.74) is 1.22. The standard InChI is InChI=1S/C20H32N6O2/c1-6-21-20(23-14-19-25-24-15(3)26(19)4)22-12-8-9-16-10-11-17(27-5)18(13-16)28-7-2/h10-11,13H,6-9,12,14H2,1-5H3,(H2,21,22,23). The number of hydrogen-bond acceptors (Lipinski definition) is 5. The van der Waals surface area contributed by atoms with E-state index >= 15 is 0 Å². The lowest BCUT2D eigenvalue weighted by Crippen LogP contribution is -2.38. The van der Waals surface area contributed by atoms with Crippen molar-refractivity contribution in [3.8, 4) is 11.5 Å². The van der Waals surface area contributed by atoms with Crippen molar-refractivity contribution < 1.29 is 9.47 Å². The van der Waals surface area contributed by atoms with E-state index in [1.54, 1.807) is 7.11 Å². The molecule has 28 heavy (non-hydrogen) atoms. The topological polar surface area (TPSA) is 85.6 Å². The molecule has 0 saturated carbocycles. The maximum atomic E-state index is 5.65. The third-order valence-corrected chi connectivity index (χ3v) is 4.37. The first-order valence-electron chi connectivity index (χ1n) is 9.75. The molecule has 0 spiro atoms. The van der Waals surface area contributed by atoms with Gasteiger partial charge in [0.2, 0.25) is 0 Å². The molecule has 1 heterocycles. The van der Waals surface area contributed by atoms with E-state index in [-0.39, 0.29) is 0 Å². The van der Waals surface area contributed by atoms with E-state index in [1.165, 1.54) is 5.56 Å². The minimum Gasteiger partial charge on any atom is -0.493 e. The Kier molecular flexibility index (Phi) is 8.58. The molecule has 0 atom stereocenters. The summed E-state index contributed by atoms with van der Waals surface area (Å²) in [6.07, 6.45) is 1.92. The summed E-state index contributed by atoms with van der Waals surface area (Å²) in [6, 6.07) is 6.09. The van der Waals surface area contributed by atoms with Crippen molar-refractivity contribution in [3.63, 3.8) is 0 Å². The fourth-order valence-electron chi connectivity index (χ4n) is 2.72. The van der Waals surface area contributed by atoms with Gasteiger partial charge in [-0.15, -0.1) is 10.2 Å². The van der Waals surface area contributed by atoms with Crippen molar-refractivity contribution in [2.45, 2.75) is 40.2 Å². The van der Waals surface area contributed by atoms with Gasteiger partial charge in [-0.25, -0.2) is 4.99 Å². The Balaban J connectivity index is 1.86. The van der Waals surface area contributed by atoms with E-state index in [2.05, 4.69) is 44.9 Å². The van der Waals surface area contributed by atoms with Crippen LogP contribution in [0.3, 0.4) is 0 Å². The number of nitrogens with one attached hydrogen (secondary N) is 2. The van der Waals surface area contributed by atoms with Gasteiger partial charge in [-0.2, -0.15) is 0 Å². The van der Waals surface area contributed by atoms with Crippen LogP contribution in [0.15, 0.2) is 23.2 Å². The molecular weight excluding hydrogens is 356 g/mol. The highest BCUT2D eigenvalue weighted by Gasteiger charge is 2.07. The van der Waals surface area contributed by atoms with Gasteiger partial charge in [0.25, 0.3) is 0 Å². The number of nitrogens with zero attached hydrogens (tertiary/aromatic N) is 4. The van der Waals surface area contributed by atoms with Gasteiger partial charge < -0.3 is 24.7 Å². The highest BCUT2D eigenvalue weighted by atomic mass is 16.5. The van der Waals surface area contributed by atoms with Gasteiger partial charge in [0, 0.05) is 20.1 Å². The lowest BCUT2D eigenvalue weighted by molar-refractivity contribution is 0.310. The van der Waals surface area contributed by atoms with Crippen molar-refractivity contribution >= 4 is 5.96 Å². The van der Waals surface area contributed by atoms with Crippen LogP contribution in [0.25, 0.3) is 0 Å². The molecule has 0 aliphatic carbocycles. The lowest BCUT2D eigenvalue weighted by Gasteiger charge is -2.13. The predicted octanol–water partition coefficient (Wildman–Crippen LogP) is 2.22. The van der Waals surface area contributed by atoms with Gasteiger partial charge in [-0.1, -0.05) is 6.07 Å². The molecule has 154 valence electrons. The van der Waals surface area contributed by atoms with Gasteiger partial charge in [0.15, 0.2) is 23.3 Å². The first-order valence-corrected chi connectivity index (χ1v) is 9.75. The Morgan fingerprint density at radius 1 is 1.18 bits per heavy atom. The number of aromatic nitrogens is 3. The summed E-state index contributed by atoms with van der Waals surface area (Å²) in [5.74, 6) is 4.08. The highest BCUT2D eigenvalue weighted by Crippen LogP contribution is 2.28. The second kappa shape index (κ2) is 11.2. The lowest BCUT2D eigenvalue weighted by atomic mass is 10.1. The van der Waals surface area contributed by atoms with Gasteiger partial charge in [-0.3, -0.25) is 0 Å². The van der Waals surface area contributed by atoms with Crippen LogP contribution in [0.1, 0.15) is 37.5 Å². The molecule has 0 saturated heterocycles. The molecule has 2 aromatic rings. The van der Waals surface area contributed by atoms with Crippen molar-refractivity contribution in [1.29, 1.82) is 0 Å². The van der Waals surface area contributed by atoms with E-state index in [1.807, 2.05) is 31.5 Å². The smallest absolute Gasteiger partial charge is 0.191 e. The molecule has 0 amide bonds. The summed E-state index contributed by atoms with van der Waals surface area (Å²) in [5, 5.41) is 14.9. The number of guanidine groups is 1. The summed E-state index contributed by atoms with van der Waals surface area (Å²) >= 11 is 0. The average Bonchev–Trinajstić information content (AvgIpc) is 3.02. The monoisotopic (exact) mass is 388 g/mol. The Morgan fingerprint density at radius 2 is 2.00 bits per heavy atom. The molecule has 0 aliphatic rings. The number of aryl methyl sites for hydroxylation is 2. The van der Waals surface area contributed by atoms with Crippen molar-refractivity contribution in [2.24, 2.45) is 12.0 Å². The van der Waals surface area contributed by atoms with E-state index in [0.29, 0.717) is 13.2 Å². The van der Waals surface area contributed by atoms with Crippen molar-refractivity contribution in [3.05, 3.63) is 35.4 Å². The summed E-state index contributed by atoms with van der Waals surface area (Å²) < 4.78 is 12.9. The molecule has 8 heteroatoms. The average molecular weight is 389 g/mol. The third-order valence-electron chi connectivity index (χ3n) is 4.37. The SMILES string of the molecule is CCNC(=NCc1nnc(C)n1C)NCCCc1ccc(OC)c(OCC)c1. The van der Waals surface area contributed by atoms with Gasteiger partial charge in [-0.05, 0) is 51.3 Å². The van der Waals surface area contributed by atoms with E-state index in [0.717, 1.165) is 55.0 Å². The third kappa shape index (κ3) is 6.14. The number of rotatable bonds is 10. The summed E-state index contributed by atoms with van der Waals surface area (Å²) in [4.78, 5) is 4.60. The molecule has 1 aromatic heterocycles. The second-order valence-corrected chi connectivity index (χ2v) is 6.37. The quantitative estimate of drug-likeness (QED) is 0.369. The molecule has 0 bridgehead atoms. The van der Waals surface area contributed by atoms with E-state index < -0.39 is 0 Å². The molecule has 1 aromatic carbocycles. The van der Waals surface area contributed by atoms with Crippen LogP contribution in [0, 0.1) is 6.92 Å². The minimum absolute atomic E-state index is 0.489. The first kappa shape index (κ1) is 21.5. The van der Waals surface area contributed by atoms with Crippen LogP contribution >= 0.6 is 0 Å². The molecule has 2 N–H and O–H groups in total. The van der Waals surface area contributed by atoms with Crippen LogP contribution in [0.4, 0.5) is 0 Å². The number of benzene rings is 1. The maximum Gasteiger partial charge on any atom is 0.191 e. The zero-order valence-corrected chi connectivity index (χ0v) is 17.6. The van der Waals surface area contributed by atoms with Gasteiger partial charge in [0.05, 0.1) is 13.7 Å². The van der Waals surface area contributed by atoms with Crippen LogP contribution in [0.5, 0.6) is 11.5 Å². The number of aliphatic imine (C=N–C) groups is 1. The van der Waals surface area contributed by atoms with Crippen LogP contribution < -0.4 is 20.1 Å². The van der Waals surface area contributed by atoms with Gasteiger partial charge in [0.1, 0.15) is 12.4 Å². The normalized spacial score (nSPS) is 11.4. The molecule has 8 nitrogen and oxygen atoms in total. The van der Waals surface area contributed by atoms with Crippen molar-refractivity contribution in [1.82, 2.24) is 25.4 Å². The fourth-order valence-corrected chi connectivity index (χ4v) is 2.72. The Morgan fingerprint density at radius 3 is 2.64 bits per heavy atom. The fraction of sp³-hybridized carbons (Fsp3) is 0.550. The number of hydrogen-bond donors (Lipinski definition) is 2. The predicted molar refractivity (Wildman–Crippen MR) is 111 cm³/mol. The summed E-state index contributed by atoms with van der Waals surface area (Å²) in [6.45, 7) is 8.69. The zero-order valence-electron chi connectivity index (χ0n) is 17.6. The van der Waals surface area contributed by atoms with Gasteiger partial charge >= 0.3 is 0 Å². The van der Waals surface area contributed by atoms with E-state index in [9.17, 15) is 0 Å². The molecule has 0 radical (unpaired) electrons. The number of ether oxygens (including phenoxy) is 2. The molecule has 0 fully saturated rings. The molecule has 2 rings (SSSR count). The maximum absolute atomic E-state index is 5.65. The molecule has 0 unspecified atom stereocenters. The Bertz CT molecular complexity index is 772. The largest absolute Gasteiger partial charge is 0.493 e. The zero-order chi connectivity index (χ0) is 20.4. The summed E-state index contributed by atoms with van der Waals surface area (Å²) in [7, 11) is 3.61. The number of methoxy groups -OCH3 is 1. The Hall–Kier alpha value is -2.77. The second-order valence-electron chi connectivity index (χ2n) is 6.37. The first-order chi connectivity index (χ1) is 13.6.